The Morgan fingerprint density at radius 2 is 1.70 bits per heavy atom. The standard InChI is InChI=1S/C24H16N2O7/c27-22(25-14-15-4-2-1-3-5-15)20-12-17-8-11-19(13-21(17)33-24(20)29)32-23(28)16-6-9-18(10-7-16)26(30)31/h1-13H,14H2,(H,25,27). The predicted molar refractivity (Wildman–Crippen MR) is 118 cm³/mol. The molecule has 0 bridgehead atoms. The van der Waals surface area contributed by atoms with Crippen LogP contribution in [0.4, 0.5) is 5.69 Å². The molecule has 9 nitrogen and oxygen atoms in total. The van der Waals surface area contributed by atoms with Gasteiger partial charge in [-0.15, -0.1) is 0 Å². The second-order valence-corrected chi connectivity index (χ2v) is 7.01. The Kier molecular flexibility index (Phi) is 5.94. The summed E-state index contributed by atoms with van der Waals surface area (Å²) in [7, 11) is 0. The van der Waals surface area contributed by atoms with Crippen LogP contribution >= 0.6 is 0 Å². The number of fused-ring (bicyclic) bond motifs is 1. The van der Waals surface area contributed by atoms with Crippen molar-refractivity contribution in [3.05, 3.63) is 116 Å². The van der Waals surface area contributed by atoms with E-state index in [4.69, 9.17) is 9.15 Å². The molecule has 0 saturated carbocycles. The van der Waals surface area contributed by atoms with Gasteiger partial charge in [0.15, 0.2) is 0 Å². The number of benzene rings is 3. The molecule has 0 unspecified atom stereocenters. The molecule has 1 heterocycles. The quantitative estimate of drug-likeness (QED) is 0.157. The summed E-state index contributed by atoms with van der Waals surface area (Å²) in [5, 5.41) is 13.9. The third kappa shape index (κ3) is 4.93. The Morgan fingerprint density at radius 3 is 2.39 bits per heavy atom. The molecule has 0 aliphatic heterocycles. The maximum absolute atomic E-state index is 12.4. The molecule has 3 aromatic carbocycles. The fourth-order valence-electron chi connectivity index (χ4n) is 3.07. The van der Waals surface area contributed by atoms with Gasteiger partial charge in [0.25, 0.3) is 11.6 Å². The maximum Gasteiger partial charge on any atom is 0.349 e. The first-order valence-electron chi connectivity index (χ1n) is 9.77. The van der Waals surface area contributed by atoms with E-state index in [0.29, 0.717) is 5.39 Å². The molecule has 0 saturated heterocycles. The number of ether oxygens (including phenoxy) is 1. The van der Waals surface area contributed by atoms with E-state index >= 15 is 0 Å². The van der Waals surface area contributed by atoms with Crippen molar-refractivity contribution >= 4 is 28.5 Å². The molecule has 4 aromatic rings. The molecule has 0 radical (unpaired) electrons. The van der Waals surface area contributed by atoms with Crippen molar-refractivity contribution in [3.8, 4) is 5.75 Å². The Hall–Kier alpha value is -4.79. The summed E-state index contributed by atoms with van der Waals surface area (Å²) in [5.74, 6) is -1.19. The number of rotatable bonds is 6. The third-order valence-electron chi connectivity index (χ3n) is 4.77. The van der Waals surface area contributed by atoms with E-state index in [0.717, 1.165) is 5.56 Å². The first-order chi connectivity index (χ1) is 15.9. The first-order valence-corrected chi connectivity index (χ1v) is 9.77. The van der Waals surface area contributed by atoms with Gasteiger partial charge in [-0.3, -0.25) is 14.9 Å². The fraction of sp³-hybridized carbons (Fsp3) is 0.0417. The number of hydrogen-bond acceptors (Lipinski definition) is 7. The highest BCUT2D eigenvalue weighted by molar-refractivity contribution is 5.97. The van der Waals surface area contributed by atoms with E-state index in [1.807, 2.05) is 30.3 Å². The molecule has 0 aliphatic carbocycles. The second-order valence-electron chi connectivity index (χ2n) is 7.01. The van der Waals surface area contributed by atoms with Gasteiger partial charge in [-0.05, 0) is 35.9 Å². The van der Waals surface area contributed by atoms with Crippen LogP contribution in [0.1, 0.15) is 26.3 Å². The van der Waals surface area contributed by atoms with Crippen molar-refractivity contribution in [1.82, 2.24) is 5.32 Å². The summed E-state index contributed by atoms with van der Waals surface area (Å²) >= 11 is 0. The lowest BCUT2D eigenvalue weighted by molar-refractivity contribution is -0.384. The highest BCUT2D eigenvalue weighted by Crippen LogP contribution is 2.22. The summed E-state index contributed by atoms with van der Waals surface area (Å²) in [5.41, 5.74) is 0.0142. The first kappa shape index (κ1) is 21.4. The van der Waals surface area contributed by atoms with Gasteiger partial charge in [-0.1, -0.05) is 30.3 Å². The van der Waals surface area contributed by atoms with Crippen molar-refractivity contribution in [3.63, 3.8) is 0 Å². The van der Waals surface area contributed by atoms with E-state index in [2.05, 4.69) is 5.32 Å². The van der Waals surface area contributed by atoms with Crippen molar-refractivity contribution in [2.45, 2.75) is 6.54 Å². The summed E-state index contributed by atoms with van der Waals surface area (Å²) in [6.07, 6.45) is 0. The Bertz CT molecular complexity index is 1410. The number of amides is 1. The van der Waals surface area contributed by atoms with Crippen molar-refractivity contribution in [2.24, 2.45) is 0 Å². The zero-order valence-corrected chi connectivity index (χ0v) is 17.0. The van der Waals surface area contributed by atoms with Gasteiger partial charge in [-0.2, -0.15) is 0 Å². The van der Waals surface area contributed by atoms with Crippen molar-refractivity contribution < 1.29 is 23.7 Å². The number of nitrogens with one attached hydrogen (secondary N) is 1. The molecule has 1 aromatic heterocycles. The molecular formula is C24H16N2O7. The minimum absolute atomic E-state index is 0.107. The van der Waals surface area contributed by atoms with Crippen LogP contribution in [0.15, 0.2) is 88.1 Å². The van der Waals surface area contributed by atoms with Gasteiger partial charge in [0.1, 0.15) is 16.9 Å². The van der Waals surface area contributed by atoms with Gasteiger partial charge in [0.05, 0.1) is 10.5 Å². The zero-order chi connectivity index (χ0) is 23.4. The van der Waals surface area contributed by atoms with Crippen LogP contribution in [0, 0.1) is 10.1 Å². The number of nitro groups is 1. The minimum atomic E-state index is -0.827. The van der Waals surface area contributed by atoms with E-state index in [9.17, 15) is 24.5 Å². The normalized spacial score (nSPS) is 10.5. The van der Waals surface area contributed by atoms with Crippen molar-refractivity contribution in [1.29, 1.82) is 0 Å². The zero-order valence-electron chi connectivity index (χ0n) is 17.0. The fourth-order valence-corrected chi connectivity index (χ4v) is 3.07. The lowest BCUT2D eigenvalue weighted by Crippen LogP contribution is -2.27. The topological polar surface area (TPSA) is 129 Å². The van der Waals surface area contributed by atoms with E-state index in [1.54, 1.807) is 6.07 Å². The molecule has 9 heteroatoms. The molecule has 0 atom stereocenters. The van der Waals surface area contributed by atoms with Crippen LogP contribution < -0.4 is 15.7 Å². The van der Waals surface area contributed by atoms with E-state index in [1.165, 1.54) is 42.5 Å². The van der Waals surface area contributed by atoms with Gasteiger partial charge in [-0.25, -0.2) is 9.59 Å². The number of carbonyl (C=O) groups is 2. The van der Waals surface area contributed by atoms with Crippen LogP contribution in [-0.2, 0) is 6.54 Å². The minimum Gasteiger partial charge on any atom is -0.423 e. The third-order valence-corrected chi connectivity index (χ3v) is 4.77. The summed E-state index contributed by atoms with van der Waals surface area (Å²) < 4.78 is 10.5. The highest BCUT2D eigenvalue weighted by Gasteiger charge is 2.16. The monoisotopic (exact) mass is 444 g/mol. The largest absolute Gasteiger partial charge is 0.423 e. The Morgan fingerprint density at radius 1 is 0.970 bits per heavy atom. The summed E-state index contributed by atoms with van der Waals surface area (Å²) in [4.78, 5) is 47.2. The van der Waals surface area contributed by atoms with Crippen molar-refractivity contribution in [2.75, 3.05) is 0 Å². The molecule has 1 amide bonds. The molecule has 0 fully saturated rings. The second kappa shape index (κ2) is 9.15. The molecule has 0 spiro atoms. The smallest absolute Gasteiger partial charge is 0.349 e. The van der Waals surface area contributed by atoms with Crippen LogP contribution in [0.5, 0.6) is 5.75 Å². The van der Waals surface area contributed by atoms with Gasteiger partial charge >= 0.3 is 11.6 Å². The Balaban J connectivity index is 1.50. The van der Waals surface area contributed by atoms with Crippen LogP contribution in [0.3, 0.4) is 0 Å². The average Bonchev–Trinajstić information content (AvgIpc) is 2.82. The highest BCUT2D eigenvalue weighted by atomic mass is 16.6. The number of nitro benzene ring substituents is 1. The summed E-state index contributed by atoms with van der Waals surface area (Å²) in [6.45, 7) is 0.259. The molecular weight excluding hydrogens is 428 g/mol. The number of non-ortho nitro benzene ring substituents is 1. The summed E-state index contributed by atoms with van der Waals surface area (Å²) in [6, 6.07) is 20.0. The maximum atomic E-state index is 12.4. The van der Waals surface area contributed by atoms with Gasteiger partial charge in [0, 0.05) is 30.1 Å². The average molecular weight is 444 g/mol. The number of carbonyl (C=O) groups excluding carboxylic acids is 2. The molecule has 4 rings (SSSR count). The van der Waals surface area contributed by atoms with Crippen LogP contribution in [-0.4, -0.2) is 16.8 Å². The Labute approximate surface area is 186 Å². The van der Waals surface area contributed by atoms with E-state index in [-0.39, 0.29) is 34.7 Å². The lowest BCUT2D eigenvalue weighted by atomic mass is 10.1. The number of nitrogens with zero attached hydrogens (tertiary/aromatic N) is 1. The molecule has 1 N–H and O–H groups in total. The lowest BCUT2D eigenvalue weighted by Gasteiger charge is -2.07. The number of esters is 1. The van der Waals surface area contributed by atoms with E-state index < -0.39 is 22.4 Å². The molecule has 33 heavy (non-hydrogen) atoms. The SMILES string of the molecule is O=C(Oc1ccc2cc(C(=O)NCc3ccccc3)c(=O)oc2c1)c1ccc([N+](=O)[O-])cc1. The van der Waals surface area contributed by atoms with Crippen LogP contribution in [0.2, 0.25) is 0 Å². The van der Waals surface area contributed by atoms with Crippen LogP contribution in [0.25, 0.3) is 11.0 Å². The van der Waals surface area contributed by atoms with Gasteiger partial charge < -0.3 is 14.5 Å². The predicted octanol–water partition coefficient (Wildman–Crippen LogP) is 3.85. The van der Waals surface area contributed by atoms with Gasteiger partial charge in [0.2, 0.25) is 0 Å². The molecule has 164 valence electrons. The molecule has 0 aliphatic rings. The number of hydrogen-bond donors (Lipinski definition) is 1.